The Labute approximate surface area is 157 Å². The molecule has 1 amide bonds. The minimum atomic E-state index is -3.75. The topological polar surface area (TPSA) is 66.5 Å². The summed E-state index contributed by atoms with van der Waals surface area (Å²) in [7, 11) is -3.75. The zero-order chi connectivity index (χ0) is 19.3. The lowest BCUT2D eigenvalue weighted by molar-refractivity contribution is -0.115. The Morgan fingerprint density at radius 1 is 1.15 bits per heavy atom. The number of anilines is 1. The zero-order valence-corrected chi connectivity index (χ0v) is 16.1. The molecule has 0 radical (unpaired) electrons. The number of carbonyl (C=O) groups excluding carboxylic acids is 1. The number of halogens is 2. The summed E-state index contributed by atoms with van der Waals surface area (Å²) in [4.78, 5) is 12.1. The summed E-state index contributed by atoms with van der Waals surface area (Å²) >= 11 is 6.06. The van der Waals surface area contributed by atoms with Gasteiger partial charge in [-0.05, 0) is 35.9 Å². The van der Waals surface area contributed by atoms with Crippen molar-refractivity contribution < 1.29 is 17.6 Å². The quantitative estimate of drug-likeness (QED) is 0.773. The third-order valence-electron chi connectivity index (χ3n) is 3.79. The summed E-state index contributed by atoms with van der Waals surface area (Å²) in [6, 6.07) is 10.0. The van der Waals surface area contributed by atoms with E-state index in [1.54, 1.807) is 19.9 Å². The molecule has 0 aliphatic carbocycles. The van der Waals surface area contributed by atoms with E-state index in [9.17, 15) is 17.6 Å². The Balaban J connectivity index is 2.22. The minimum Gasteiger partial charge on any atom is -0.326 e. The molecule has 2 aromatic rings. The molecule has 0 bridgehead atoms. The van der Waals surface area contributed by atoms with E-state index in [1.807, 2.05) is 0 Å². The van der Waals surface area contributed by atoms with Crippen molar-refractivity contribution in [3.8, 4) is 0 Å². The lowest BCUT2D eigenvalue weighted by Crippen LogP contribution is -2.30. The average Bonchev–Trinajstić information content (AvgIpc) is 2.57. The maximum Gasteiger partial charge on any atom is 0.244 e. The molecule has 0 saturated carbocycles. The van der Waals surface area contributed by atoms with Crippen LogP contribution in [0.2, 0.25) is 5.02 Å². The first-order valence-corrected chi connectivity index (χ1v) is 9.93. The van der Waals surface area contributed by atoms with Gasteiger partial charge in [-0.1, -0.05) is 37.6 Å². The first kappa shape index (κ1) is 20.4. The van der Waals surface area contributed by atoms with Gasteiger partial charge in [-0.15, -0.1) is 0 Å². The Bertz CT molecular complexity index is 899. The van der Waals surface area contributed by atoms with Gasteiger partial charge in [0.1, 0.15) is 10.7 Å². The van der Waals surface area contributed by atoms with E-state index in [0.29, 0.717) is 24.3 Å². The number of nitrogens with one attached hydrogen (secondary N) is 1. The fourth-order valence-corrected chi connectivity index (χ4v) is 4.48. The number of nitrogens with zero attached hydrogens (tertiary/aromatic N) is 1. The summed E-state index contributed by atoms with van der Waals surface area (Å²) in [5, 5.41) is 2.70. The van der Waals surface area contributed by atoms with Crippen molar-refractivity contribution >= 4 is 33.2 Å². The Kier molecular flexibility index (Phi) is 6.75. The second-order valence-electron chi connectivity index (χ2n) is 5.59. The van der Waals surface area contributed by atoms with Crippen LogP contribution in [0.3, 0.4) is 0 Å². The molecule has 2 aromatic carbocycles. The van der Waals surface area contributed by atoms with Crippen LogP contribution in [0.5, 0.6) is 0 Å². The molecule has 0 fully saturated rings. The monoisotopic (exact) mass is 398 g/mol. The largest absolute Gasteiger partial charge is 0.326 e. The van der Waals surface area contributed by atoms with Crippen LogP contribution in [0.25, 0.3) is 0 Å². The molecule has 0 aromatic heterocycles. The smallest absolute Gasteiger partial charge is 0.244 e. The van der Waals surface area contributed by atoms with Gasteiger partial charge in [0.05, 0.1) is 11.4 Å². The number of benzene rings is 2. The van der Waals surface area contributed by atoms with Crippen molar-refractivity contribution in [1.29, 1.82) is 0 Å². The summed E-state index contributed by atoms with van der Waals surface area (Å²) in [6.45, 7) is 4.09. The zero-order valence-electron chi connectivity index (χ0n) is 14.5. The number of rotatable bonds is 7. The van der Waals surface area contributed by atoms with Crippen molar-refractivity contribution in [3.05, 3.63) is 58.9 Å². The highest BCUT2D eigenvalue weighted by Gasteiger charge is 2.25. The molecular weight excluding hydrogens is 379 g/mol. The third kappa shape index (κ3) is 4.81. The van der Waals surface area contributed by atoms with E-state index < -0.39 is 15.8 Å². The fraction of sp³-hybridized carbons (Fsp3) is 0.278. The van der Waals surface area contributed by atoms with Gasteiger partial charge in [0.15, 0.2) is 0 Å². The maximum absolute atomic E-state index is 13.2. The predicted molar refractivity (Wildman–Crippen MR) is 100 cm³/mol. The summed E-state index contributed by atoms with van der Waals surface area (Å²) in [6.07, 6.45) is -0.0293. The summed E-state index contributed by atoms with van der Waals surface area (Å²) in [5.41, 5.74) is 0.828. The van der Waals surface area contributed by atoms with Crippen molar-refractivity contribution in [2.45, 2.75) is 25.2 Å². The Hall–Kier alpha value is -1.96. The number of hydrogen-bond donors (Lipinski definition) is 1. The van der Waals surface area contributed by atoms with Gasteiger partial charge in [0, 0.05) is 18.8 Å². The molecule has 140 valence electrons. The van der Waals surface area contributed by atoms with Gasteiger partial charge < -0.3 is 5.32 Å². The van der Waals surface area contributed by atoms with E-state index in [2.05, 4.69) is 5.32 Å². The molecule has 0 unspecified atom stereocenters. The van der Waals surface area contributed by atoms with Crippen LogP contribution in [-0.4, -0.2) is 31.7 Å². The summed E-state index contributed by atoms with van der Waals surface area (Å²) < 4.78 is 39.8. The van der Waals surface area contributed by atoms with Crippen LogP contribution >= 0.6 is 11.6 Å². The van der Waals surface area contributed by atoms with Gasteiger partial charge in [-0.3, -0.25) is 4.79 Å². The molecule has 2 rings (SSSR count). The summed E-state index contributed by atoms with van der Waals surface area (Å²) in [5.74, 6) is -0.807. The number of sulfonamides is 1. The van der Waals surface area contributed by atoms with Gasteiger partial charge in [-0.25, -0.2) is 12.8 Å². The van der Waals surface area contributed by atoms with Crippen molar-refractivity contribution in [2.75, 3.05) is 18.4 Å². The molecule has 0 aliphatic rings. The van der Waals surface area contributed by atoms with Crippen LogP contribution in [0, 0.1) is 5.82 Å². The van der Waals surface area contributed by atoms with Crippen LogP contribution in [0.1, 0.15) is 19.4 Å². The van der Waals surface area contributed by atoms with Gasteiger partial charge in [-0.2, -0.15) is 4.31 Å². The van der Waals surface area contributed by atoms with Crippen LogP contribution in [-0.2, 0) is 21.2 Å². The van der Waals surface area contributed by atoms with E-state index in [-0.39, 0.29) is 22.2 Å². The van der Waals surface area contributed by atoms with Gasteiger partial charge >= 0.3 is 0 Å². The van der Waals surface area contributed by atoms with Crippen molar-refractivity contribution in [2.24, 2.45) is 0 Å². The number of amides is 1. The van der Waals surface area contributed by atoms with E-state index in [0.717, 1.165) is 0 Å². The lowest BCUT2D eigenvalue weighted by atomic mass is 10.1. The Morgan fingerprint density at radius 2 is 1.85 bits per heavy atom. The van der Waals surface area contributed by atoms with Gasteiger partial charge in [0.2, 0.25) is 15.9 Å². The highest BCUT2D eigenvalue weighted by Crippen LogP contribution is 2.27. The third-order valence-corrected chi connectivity index (χ3v) is 6.32. The predicted octanol–water partition coefficient (Wildman–Crippen LogP) is 3.69. The SMILES string of the molecule is CCN(CC)S(=O)(=O)c1cc(NC(=O)Cc2cccc(F)c2)ccc1Cl. The second kappa shape index (κ2) is 8.62. The molecule has 26 heavy (non-hydrogen) atoms. The average molecular weight is 399 g/mol. The molecule has 0 saturated heterocycles. The number of carbonyl (C=O) groups is 1. The second-order valence-corrected chi connectivity index (χ2v) is 7.90. The lowest BCUT2D eigenvalue weighted by Gasteiger charge is -2.19. The molecular formula is C18H20ClFN2O3S. The standard InChI is InChI=1S/C18H20ClFN2O3S/c1-3-22(4-2)26(24,25)17-12-15(8-9-16(17)19)21-18(23)11-13-6-5-7-14(20)10-13/h5-10,12H,3-4,11H2,1-2H3,(H,21,23). The van der Waals surface area contributed by atoms with Crippen molar-refractivity contribution in [1.82, 2.24) is 4.31 Å². The molecule has 0 spiro atoms. The van der Waals surface area contributed by atoms with Crippen LogP contribution in [0.15, 0.2) is 47.4 Å². The normalized spacial score (nSPS) is 11.6. The van der Waals surface area contributed by atoms with Crippen LogP contribution in [0.4, 0.5) is 10.1 Å². The first-order valence-electron chi connectivity index (χ1n) is 8.12. The maximum atomic E-state index is 13.2. The van der Waals surface area contributed by atoms with Crippen molar-refractivity contribution in [3.63, 3.8) is 0 Å². The van der Waals surface area contributed by atoms with Gasteiger partial charge in [0.25, 0.3) is 0 Å². The van der Waals surface area contributed by atoms with E-state index in [4.69, 9.17) is 11.6 Å². The number of hydrogen-bond acceptors (Lipinski definition) is 3. The van der Waals surface area contributed by atoms with Crippen LogP contribution < -0.4 is 5.32 Å². The fourth-order valence-electron chi connectivity index (χ4n) is 2.52. The molecule has 0 heterocycles. The Morgan fingerprint density at radius 3 is 2.46 bits per heavy atom. The van der Waals surface area contributed by atoms with E-state index in [1.165, 1.54) is 40.7 Å². The molecule has 5 nitrogen and oxygen atoms in total. The first-order chi connectivity index (χ1) is 12.3. The molecule has 0 aliphatic heterocycles. The minimum absolute atomic E-state index is 0.0293. The highest BCUT2D eigenvalue weighted by molar-refractivity contribution is 7.89. The highest BCUT2D eigenvalue weighted by atomic mass is 35.5. The molecule has 1 N–H and O–H groups in total. The van der Waals surface area contributed by atoms with E-state index >= 15 is 0 Å². The molecule has 0 atom stereocenters. The molecule has 8 heteroatoms.